The zero-order chi connectivity index (χ0) is 12.8. The second kappa shape index (κ2) is 6.61. The van der Waals surface area contributed by atoms with Gasteiger partial charge in [-0.25, -0.2) is 0 Å². The molecule has 1 heterocycles. The number of nitrogens with one attached hydrogen (secondary N) is 1. The predicted octanol–water partition coefficient (Wildman–Crippen LogP) is 1.51. The Labute approximate surface area is 109 Å². The van der Waals surface area contributed by atoms with Gasteiger partial charge in [0.1, 0.15) is 5.75 Å². The van der Waals surface area contributed by atoms with Gasteiger partial charge in [-0.15, -0.1) is 0 Å². The standard InChI is InChI=1S/C14H22N2O2/c1-3-18-14-6-4-12(5-7-14)16-8-9-17-11-13(16)10-15-2/h4-7,13,15H,3,8-11H2,1-2H3. The number of benzene rings is 1. The van der Waals surface area contributed by atoms with Crippen molar-refractivity contribution in [2.24, 2.45) is 0 Å². The van der Waals surface area contributed by atoms with Crippen LogP contribution in [0.2, 0.25) is 0 Å². The first kappa shape index (κ1) is 13.2. The first-order valence-corrected chi connectivity index (χ1v) is 6.57. The van der Waals surface area contributed by atoms with E-state index in [1.165, 1.54) is 5.69 Å². The highest BCUT2D eigenvalue weighted by atomic mass is 16.5. The molecule has 0 bridgehead atoms. The summed E-state index contributed by atoms with van der Waals surface area (Å²) in [5.41, 5.74) is 1.24. The molecule has 1 unspecified atom stereocenters. The average molecular weight is 250 g/mol. The minimum Gasteiger partial charge on any atom is -0.494 e. The molecular formula is C14H22N2O2. The fourth-order valence-electron chi connectivity index (χ4n) is 2.30. The minimum absolute atomic E-state index is 0.404. The molecule has 0 aromatic heterocycles. The number of nitrogens with zero attached hydrogens (tertiary/aromatic N) is 1. The second-order valence-electron chi connectivity index (χ2n) is 4.41. The van der Waals surface area contributed by atoms with E-state index in [-0.39, 0.29) is 0 Å². The molecule has 18 heavy (non-hydrogen) atoms. The molecule has 2 rings (SSSR count). The van der Waals surface area contributed by atoms with Crippen LogP contribution in [0.1, 0.15) is 6.92 Å². The van der Waals surface area contributed by atoms with Gasteiger partial charge in [0, 0.05) is 18.8 Å². The summed E-state index contributed by atoms with van der Waals surface area (Å²) in [6.07, 6.45) is 0. The number of likely N-dealkylation sites (N-methyl/N-ethyl adjacent to an activating group) is 1. The van der Waals surface area contributed by atoms with Crippen LogP contribution in [0.15, 0.2) is 24.3 Å². The third-order valence-corrected chi connectivity index (χ3v) is 3.15. The molecule has 4 heteroatoms. The highest BCUT2D eigenvalue weighted by Gasteiger charge is 2.22. The van der Waals surface area contributed by atoms with E-state index in [9.17, 15) is 0 Å². The summed E-state index contributed by atoms with van der Waals surface area (Å²) in [6, 6.07) is 8.72. The molecule has 1 aliphatic rings. The first-order chi connectivity index (χ1) is 8.85. The Hall–Kier alpha value is -1.26. The molecule has 4 nitrogen and oxygen atoms in total. The summed E-state index contributed by atoms with van der Waals surface area (Å²) in [6.45, 7) is 6.17. The maximum atomic E-state index is 5.54. The molecule has 1 saturated heterocycles. The fraction of sp³-hybridized carbons (Fsp3) is 0.571. The SMILES string of the molecule is CCOc1ccc(N2CCOCC2CNC)cc1. The fourth-order valence-corrected chi connectivity index (χ4v) is 2.30. The zero-order valence-corrected chi connectivity index (χ0v) is 11.2. The van der Waals surface area contributed by atoms with Crippen molar-refractivity contribution in [3.05, 3.63) is 24.3 Å². The van der Waals surface area contributed by atoms with Gasteiger partial charge in [0.05, 0.1) is 25.9 Å². The number of hydrogen-bond acceptors (Lipinski definition) is 4. The maximum Gasteiger partial charge on any atom is 0.119 e. The van der Waals surface area contributed by atoms with Crippen molar-refractivity contribution in [1.82, 2.24) is 5.32 Å². The van der Waals surface area contributed by atoms with E-state index >= 15 is 0 Å². The highest BCUT2D eigenvalue weighted by Crippen LogP contribution is 2.22. The van der Waals surface area contributed by atoms with Crippen LogP contribution in [0.25, 0.3) is 0 Å². The van der Waals surface area contributed by atoms with Crippen molar-refractivity contribution < 1.29 is 9.47 Å². The molecule has 1 N–H and O–H groups in total. The van der Waals surface area contributed by atoms with Crippen LogP contribution in [-0.4, -0.2) is 46.0 Å². The van der Waals surface area contributed by atoms with Crippen molar-refractivity contribution in [3.8, 4) is 5.75 Å². The molecular weight excluding hydrogens is 228 g/mol. The van der Waals surface area contributed by atoms with Crippen LogP contribution in [0.5, 0.6) is 5.75 Å². The normalized spacial score (nSPS) is 19.9. The van der Waals surface area contributed by atoms with Gasteiger partial charge < -0.3 is 19.7 Å². The van der Waals surface area contributed by atoms with Gasteiger partial charge in [0.2, 0.25) is 0 Å². The quantitative estimate of drug-likeness (QED) is 0.859. The van der Waals surface area contributed by atoms with E-state index in [4.69, 9.17) is 9.47 Å². The Bertz CT molecular complexity index is 351. The van der Waals surface area contributed by atoms with E-state index in [1.807, 2.05) is 26.1 Å². The number of ether oxygens (including phenoxy) is 2. The number of morpholine rings is 1. The first-order valence-electron chi connectivity index (χ1n) is 6.57. The number of rotatable bonds is 5. The topological polar surface area (TPSA) is 33.7 Å². The Morgan fingerprint density at radius 2 is 2.17 bits per heavy atom. The van der Waals surface area contributed by atoms with Crippen LogP contribution >= 0.6 is 0 Å². The Morgan fingerprint density at radius 1 is 1.39 bits per heavy atom. The zero-order valence-electron chi connectivity index (χ0n) is 11.2. The van der Waals surface area contributed by atoms with Crippen molar-refractivity contribution >= 4 is 5.69 Å². The molecule has 1 fully saturated rings. The molecule has 0 saturated carbocycles. The van der Waals surface area contributed by atoms with Crippen molar-refractivity contribution in [1.29, 1.82) is 0 Å². The van der Waals surface area contributed by atoms with Crippen molar-refractivity contribution in [3.63, 3.8) is 0 Å². The summed E-state index contributed by atoms with van der Waals surface area (Å²) >= 11 is 0. The van der Waals surface area contributed by atoms with Gasteiger partial charge in [0.25, 0.3) is 0 Å². The smallest absolute Gasteiger partial charge is 0.119 e. The van der Waals surface area contributed by atoms with Gasteiger partial charge in [-0.3, -0.25) is 0 Å². The molecule has 0 amide bonds. The molecule has 0 spiro atoms. The lowest BCUT2D eigenvalue weighted by Gasteiger charge is -2.37. The van der Waals surface area contributed by atoms with E-state index in [0.29, 0.717) is 12.6 Å². The second-order valence-corrected chi connectivity index (χ2v) is 4.41. The van der Waals surface area contributed by atoms with Crippen molar-refractivity contribution in [2.45, 2.75) is 13.0 Å². The molecule has 1 aromatic rings. The lowest BCUT2D eigenvalue weighted by atomic mass is 10.2. The van der Waals surface area contributed by atoms with Crippen LogP contribution in [0.3, 0.4) is 0 Å². The van der Waals surface area contributed by atoms with Crippen LogP contribution in [0, 0.1) is 0 Å². The van der Waals surface area contributed by atoms with Crippen LogP contribution in [0.4, 0.5) is 5.69 Å². The average Bonchev–Trinajstić information content (AvgIpc) is 2.41. The Morgan fingerprint density at radius 3 is 2.83 bits per heavy atom. The summed E-state index contributed by atoms with van der Waals surface area (Å²) in [7, 11) is 1.98. The third-order valence-electron chi connectivity index (χ3n) is 3.15. The van der Waals surface area contributed by atoms with Gasteiger partial charge in [-0.2, -0.15) is 0 Å². The molecule has 1 aliphatic heterocycles. The third kappa shape index (κ3) is 3.15. The van der Waals surface area contributed by atoms with Crippen LogP contribution in [-0.2, 0) is 4.74 Å². The van der Waals surface area contributed by atoms with Gasteiger partial charge in [-0.05, 0) is 38.2 Å². The van der Waals surface area contributed by atoms with E-state index in [0.717, 1.165) is 32.1 Å². The predicted molar refractivity (Wildman–Crippen MR) is 73.5 cm³/mol. The lowest BCUT2D eigenvalue weighted by molar-refractivity contribution is 0.0943. The highest BCUT2D eigenvalue weighted by molar-refractivity contribution is 5.50. The summed E-state index contributed by atoms with van der Waals surface area (Å²) < 4.78 is 11.0. The molecule has 0 radical (unpaired) electrons. The van der Waals surface area contributed by atoms with Crippen LogP contribution < -0.4 is 15.0 Å². The molecule has 0 aliphatic carbocycles. The summed E-state index contributed by atoms with van der Waals surface area (Å²) in [5, 5.41) is 3.22. The van der Waals surface area contributed by atoms with Gasteiger partial charge in [-0.1, -0.05) is 0 Å². The largest absolute Gasteiger partial charge is 0.494 e. The molecule has 1 aromatic carbocycles. The molecule has 100 valence electrons. The number of anilines is 1. The monoisotopic (exact) mass is 250 g/mol. The number of hydrogen-bond donors (Lipinski definition) is 1. The molecule has 1 atom stereocenters. The Kier molecular flexibility index (Phi) is 4.84. The lowest BCUT2D eigenvalue weighted by Crippen LogP contribution is -2.50. The van der Waals surface area contributed by atoms with E-state index in [1.54, 1.807) is 0 Å². The Balaban J connectivity index is 2.07. The summed E-state index contributed by atoms with van der Waals surface area (Å²) in [5.74, 6) is 0.930. The maximum absolute atomic E-state index is 5.54. The van der Waals surface area contributed by atoms with Gasteiger partial charge >= 0.3 is 0 Å². The van der Waals surface area contributed by atoms with E-state index < -0.39 is 0 Å². The minimum atomic E-state index is 0.404. The summed E-state index contributed by atoms with van der Waals surface area (Å²) in [4.78, 5) is 2.40. The van der Waals surface area contributed by atoms with Crippen molar-refractivity contribution in [2.75, 3.05) is 44.9 Å². The van der Waals surface area contributed by atoms with E-state index in [2.05, 4.69) is 22.3 Å². The van der Waals surface area contributed by atoms with Gasteiger partial charge in [0.15, 0.2) is 0 Å².